The van der Waals surface area contributed by atoms with Gasteiger partial charge in [0.15, 0.2) is 5.82 Å². The molecule has 0 unspecified atom stereocenters. The first kappa shape index (κ1) is 16.4. The van der Waals surface area contributed by atoms with Crippen molar-refractivity contribution >= 4 is 5.82 Å². The zero-order valence-electron chi connectivity index (χ0n) is 14.7. The molecule has 2 aromatic heterocycles. The Hall–Kier alpha value is -2.05. The van der Waals surface area contributed by atoms with Crippen LogP contribution in [0, 0.1) is 0 Å². The van der Waals surface area contributed by atoms with E-state index < -0.39 is 0 Å². The van der Waals surface area contributed by atoms with Gasteiger partial charge in [0, 0.05) is 48.8 Å². The van der Waals surface area contributed by atoms with Gasteiger partial charge in [-0.25, -0.2) is 9.97 Å². The van der Waals surface area contributed by atoms with Crippen LogP contribution >= 0.6 is 0 Å². The lowest BCUT2D eigenvalue weighted by Gasteiger charge is -2.32. The number of hydrogen-bond acceptors (Lipinski definition) is 6. The third kappa shape index (κ3) is 3.65. The minimum Gasteiger partial charge on any atom is -0.374 e. The molecule has 0 radical (unpaired) electrons. The van der Waals surface area contributed by atoms with E-state index in [9.17, 15) is 0 Å². The SMILES string of the molecule is CCN1CCO[C@H](CNc2nc(-c3ccncc3)nc3c2CCC3)C1. The van der Waals surface area contributed by atoms with Crippen LogP contribution in [0.5, 0.6) is 0 Å². The lowest BCUT2D eigenvalue weighted by molar-refractivity contribution is -0.0192. The normalized spacial score (nSPS) is 20.4. The predicted molar refractivity (Wildman–Crippen MR) is 97.6 cm³/mol. The van der Waals surface area contributed by atoms with Crippen LogP contribution in [0.3, 0.4) is 0 Å². The first-order valence-corrected chi connectivity index (χ1v) is 9.21. The topological polar surface area (TPSA) is 63.2 Å². The zero-order valence-corrected chi connectivity index (χ0v) is 14.7. The van der Waals surface area contributed by atoms with E-state index in [0.717, 1.165) is 69.3 Å². The number of anilines is 1. The standard InChI is InChI=1S/C19H25N5O/c1-2-24-10-11-25-15(13-24)12-21-19-16-4-3-5-17(16)22-18(23-19)14-6-8-20-9-7-14/h6-9,15H,2-5,10-13H2,1H3,(H,21,22,23)/t15-/m1/s1. The molecule has 1 aliphatic heterocycles. The van der Waals surface area contributed by atoms with E-state index >= 15 is 0 Å². The number of ether oxygens (including phenoxy) is 1. The van der Waals surface area contributed by atoms with E-state index in [-0.39, 0.29) is 6.10 Å². The Balaban J connectivity index is 1.53. The summed E-state index contributed by atoms with van der Waals surface area (Å²) in [6.07, 6.45) is 7.03. The highest BCUT2D eigenvalue weighted by Crippen LogP contribution is 2.29. The Labute approximate surface area is 148 Å². The second-order valence-electron chi connectivity index (χ2n) is 6.68. The van der Waals surface area contributed by atoms with Gasteiger partial charge in [-0.05, 0) is 37.9 Å². The van der Waals surface area contributed by atoms with Crippen LogP contribution < -0.4 is 5.32 Å². The molecule has 1 atom stereocenters. The molecule has 6 heteroatoms. The summed E-state index contributed by atoms with van der Waals surface area (Å²) in [5.74, 6) is 1.76. The zero-order chi connectivity index (χ0) is 17.1. The monoisotopic (exact) mass is 339 g/mol. The summed E-state index contributed by atoms with van der Waals surface area (Å²) in [5, 5.41) is 3.55. The lowest BCUT2D eigenvalue weighted by atomic mass is 10.2. The van der Waals surface area contributed by atoms with Gasteiger partial charge in [0.2, 0.25) is 0 Å². The molecule has 2 aromatic rings. The van der Waals surface area contributed by atoms with Crippen LogP contribution in [-0.4, -0.2) is 58.7 Å². The third-order valence-electron chi connectivity index (χ3n) is 5.04. The fourth-order valence-electron chi connectivity index (χ4n) is 3.61. The molecule has 3 heterocycles. The van der Waals surface area contributed by atoms with Gasteiger partial charge < -0.3 is 10.1 Å². The van der Waals surface area contributed by atoms with Gasteiger partial charge in [-0.1, -0.05) is 6.92 Å². The van der Waals surface area contributed by atoms with Gasteiger partial charge in [0.05, 0.1) is 12.7 Å². The maximum absolute atomic E-state index is 5.91. The number of rotatable bonds is 5. The largest absolute Gasteiger partial charge is 0.374 e. The highest BCUT2D eigenvalue weighted by molar-refractivity contribution is 5.60. The molecule has 2 aliphatic rings. The number of aryl methyl sites for hydroxylation is 1. The molecular weight excluding hydrogens is 314 g/mol. The van der Waals surface area contributed by atoms with E-state index in [4.69, 9.17) is 14.7 Å². The maximum Gasteiger partial charge on any atom is 0.161 e. The molecule has 4 rings (SSSR count). The molecule has 1 saturated heterocycles. The molecule has 0 amide bonds. The molecule has 25 heavy (non-hydrogen) atoms. The smallest absolute Gasteiger partial charge is 0.161 e. The Kier molecular flexibility index (Phi) is 4.90. The van der Waals surface area contributed by atoms with Crippen molar-refractivity contribution in [3.05, 3.63) is 35.8 Å². The highest BCUT2D eigenvalue weighted by atomic mass is 16.5. The second kappa shape index (κ2) is 7.45. The van der Waals surface area contributed by atoms with Crippen molar-refractivity contribution in [3.8, 4) is 11.4 Å². The molecule has 1 N–H and O–H groups in total. The maximum atomic E-state index is 5.91. The summed E-state index contributed by atoms with van der Waals surface area (Å²) in [5.41, 5.74) is 3.48. The predicted octanol–water partition coefficient (Wildman–Crippen LogP) is 2.16. The third-order valence-corrected chi connectivity index (χ3v) is 5.04. The molecule has 0 aromatic carbocycles. The van der Waals surface area contributed by atoms with E-state index in [1.165, 1.54) is 11.3 Å². The fraction of sp³-hybridized carbons (Fsp3) is 0.526. The molecule has 1 aliphatic carbocycles. The Morgan fingerprint density at radius 3 is 2.96 bits per heavy atom. The van der Waals surface area contributed by atoms with Gasteiger partial charge in [0.1, 0.15) is 5.82 Å². The molecule has 0 bridgehead atoms. The lowest BCUT2D eigenvalue weighted by Crippen LogP contribution is -2.45. The Morgan fingerprint density at radius 2 is 2.12 bits per heavy atom. The van der Waals surface area contributed by atoms with Crippen LogP contribution in [0.25, 0.3) is 11.4 Å². The molecule has 6 nitrogen and oxygen atoms in total. The van der Waals surface area contributed by atoms with E-state index in [1.807, 2.05) is 12.1 Å². The van der Waals surface area contributed by atoms with Crippen LogP contribution in [0.2, 0.25) is 0 Å². The summed E-state index contributed by atoms with van der Waals surface area (Å²) >= 11 is 0. The van der Waals surface area contributed by atoms with Crippen LogP contribution in [0.15, 0.2) is 24.5 Å². The van der Waals surface area contributed by atoms with Gasteiger partial charge in [-0.2, -0.15) is 0 Å². The number of morpholine rings is 1. The average molecular weight is 339 g/mol. The molecule has 132 valence electrons. The molecule has 1 fully saturated rings. The summed E-state index contributed by atoms with van der Waals surface area (Å²) in [6, 6.07) is 3.92. The van der Waals surface area contributed by atoms with Crippen molar-refractivity contribution in [2.75, 3.05) is 38.1 Å². The van der Waals surface area contributed by atoms with Crippen molar-refractivity contribution in [2.24, 2.45) is 0 Å². The minimum atomic E-state index is 0.213. The number of hydrogen-bond donors (Lipinski definition) is 1. The fourth-order valence-corrected chi connectivity index (χ4v) is 3.61. The van der Waals surface area contributed by atoms with Crippen LogP contribution in [0.4, 0.5) is 5.82 Å². The summed E-state index contributed by atoms with van der Waals surface area (Å²) in [7, 11) is 0. The number of nitrogens with one attached hydrogen (secondary N) is 1. The molecular formula is C19H25N5O. The summed E-state index contributed by atoms with van der Waals surface area (Å²) in [6.45, 7) is 6.89. The average Bonchev–Trinajstić information content (AvgIpc) is 3.15. The van der Waals surface area contributed by atoms with E-state index in [1.54, 1.807) is 12.4 Å². The van der Waals surface area contributed by atoms with Gasteiger partial charge in [-0.15, -0.1) is 0 Å². The van der Waals surface area contributed by atoms with Gasteiger partial charge in [-0.3, -0.25) is 9.88 Å². The van der Waals surface area contributed by atoms with Crippen molar-refractivity contribution in [3.63, 3.8) is 0 Å². The summed E-state index contributed by atoms with van der Waals surface area (Å²) in [4.78, 5) is 16.1. The van der Waals surface area contributed by atoms with Crippen LogP contribution in [-0.2, 0) is 17.6 Å². The number of aromatic nitrogens is 3. The Bertz CT molecular complexity index is 721. The molecule has 0 spiro atoms. The number of nitrogens with zero attached hydrogens (tertiary/aromatic N) is 4. The van der Waals surface area contributed by atoms with Crippen molar-refractivity contribution in [2.45, 2.75) is 32.3 Å². The minimum absolute atomic E-state index is 0.213. The van der Waals surface area contributed by atoms with Gasteiger partial charge in [0.25, 0.3) is 0 Å². The van der Waals surface area contributed by atoms with Crippen molar-refractivity contribution in [1.82, 2.24) is 19.9 Å². The Morgan fingerprint density at radius 1 is 1.24 bits per heavy atom. The highest BCUT2D eigenvalue weighted by Gasteiger charge is 2.23. The second-order valence-corrected chi connectivity index (χ2v) is 6.68. The quantitative estimate of drug-likeness (QED) is 0.901. The first-order valence-electron chi connectivity index (χ1n) is 9.21. The number of pyridine rings is 1. The molecule has 0 saturated carbocycles. The van der Waals surface area contributed by atoms with Gasteiger partial charge >= 0.3 is 0 Å². The first-order chi connectivity index (χ1) is 12.3. The van der Waals surface area contributed by atoms with E-state index in [2.05, 4.69) is 22.1 Å². The van der Waals surface area contributed by atoms with E-state index in [0.29, 0.717) is 0 Å². The number of likely N-dealkylation sites (N-methyl/N-ethyl adjacent to an activating group) is 1. The number of fused-ring (bicyclic) bond motifs is 1. The van der Waals surface area contributed by atoms with Crippen molar-refractivity contribution < 1.29 is 4.74 Å². The van der Waals surface area contributed by atoms with Crippen LogP contribution in [0.1, 0.15) is 24.6 Å². The van der Waals surface area contributed by atoms with Crippen molar-refractivity contribution in [1.29, 1.82) is 0 Å². The summed E-state index contributed by atoms with van der Waals surface area (Å²) < 4.78 is 5.91.